The number of rotatable bonds is 0. The van der Waals surface area contributed by atoms with Crippen LogP contribution < -0.4 is 0 Å². The number of hydrogen-bond acceptors (Lipinski definition) is 1. The van der Waals surface area contributed by atoms with Crippen LogP contribution in [0.1, 0.15) is 13.3 Å². The predicted molar refractivity (Wildman–Crippen MR) is 44.1 cm³/mol. The van der Waals surface area contributed by atoms with Crippen LogP contribution in [0.5, 0.6) is 0 Å². The summed E-state index contributed by atoms with van der Waals surface area (Å²) >= 11 is 0. The van der Waals surface area contributed by atoms with E-state index in [0.717, 1.165) is 12.0 Å². The van der Waals surface area contributed by atoms with Crippen LogP contribution in [-0.4, -0.2) is 5.78 Å². The molecule has 2 rings (SSSR count). The molecule has 1 unspecified atom stereocenters. The Morgan fingerprint density at radius 3 is 3.09 bits per heavy atom. The molecule has 0 aromatic carbocycles. The van der Waals surface area contributed by atoms with Crippen molar-refractivity contribution < 1.29 is 4.79 Å². The number of Topliss-reactive ketones (excluding diaryl/α,β-unsaturated/α-hetero) is 1. The van der Waals surface area contributed by atoms with Gasteiger partial charge in [-0.2, -0.15) is 0 Å². The van der Waals surface area contributed by atoms with E-state index in [-0.39, 0.29) is 11.7 Å². The maximum absolute atomic E-state index is 11.4. The Labute approximate surface area is 66.1 Å². The van der Waals surface area contributed by atoms with Crippen LogP contribution in [0, 0.1) is 5.92 Å². The van der Waals surface area contributed by atoms with Gasteiger partial charge in [-0.1, -0.05) is 31.2 Å². The van der Waals surface area contributed by atoms with Crippen molar-refractivity contribution in [1.29, 1.82) is 0 Å². The SMILES string of the molecule is CC1C=CC2=C(C=CC2)C1=O. The molecule has 1 nitrogen and oxygen atoms in total. The maximum atomic E-state index is 11.4. The molecular weight excluding hydrogens is 136 g/mol. The molecule has 0 fully saturated rings. The molecule has 0 heterocycles. The Morgan fingerprint density at radius 2 is 2.27 bits per heavy atom. The highest BCUT2D eigenvalue weighted by Gasteiger charge is 2.22. The summed E-state index contributed by atoms with van der Waals surface area (Å²) in [6.45, 7) is 1.94. The average Bonchev–Trinajstić information content (AvgIpc) is 2.45. The van der Waals surface area contributed by atoms with Crippen molar-refractivity contribution in [2.75, 3.05) is 0 Å². The molecule has 11 heavy (non-hydrogen) atoms. The van der Waals surface area contributed by atoms with Gasteiger partial charge in [-0.3, -0.25) is 4.79 Å². The van der Waals surface area contributed by atoms with Gasteiger partial charge in [0.05, 0.1) is 0 Å². The second-order valence-corrected chi connectivity index (χ2v) is 3.06. The standard InChI is InChI=1S/C10H10O/c1-7-5-6-8-3-2-4-9(8)10(7)11/h2,4-7H,3H2,1H3. The van der Waals surface area contributed by atoms with Crippen molar-refractivity contribution in [3.05, 3.63) is 35.5 Å². The van der Waals surface area contributed by atoms with Crippen molar-refractivity contribution in [2.45, 2.75) is 13.3 Å². The number of carbonyl (C=O) groups excluding carboxylic acids is 1. The first-order chi connectivity index (χ1) is 5.29. The van der Waals surface area contributed by atoms with Gasteiger partial charge in [0.15, 0.2) is 5.78 Å². The lowest BCUT2D eigenvalue weighted by Crippen LogP contribution is -2.13. The van der Waals surface area contributed by atoms with Crippen LogP contribution in [-0.2, 0) is 4.79 Å². The number of allylic oxidation sites excluding steroid dienone is 6. The highest BCUT2D eigenvalue weighted by molar-refractivity contribution is 6.03. The fourth-order valence-electron chi connectivity index (χ4n) is 1.51. The van der Waals surface area contributed by atoms with Crippen LogP contribution >= 0.6 is 0 Å². The van der Waals surface area contributed by atoms with Crippen LogP contribution in [0.15, 0.2) is 35.5 Å². The topological polar surface area (TPSA) is 17.1 Å². The van der Waals surface area contributed by atoms with Crippen molar-refractivity contribution in [2.24, 2.45) is 5.92 Å². The number of carbonyl (C=O) groups is 1. The molecule has 0 aromatic heterocycles. The largest absolute Gasteiger partial charge is 0.294 e. The predicted octanol–water partition coefficient (Wildman–Crippen LogP) is 2.02. The summed E-state index contributed by atoms with van der Waals surface area (Å²) in [5.41, 5.74) is 2.12. The molecule has 2 aliphatic carbocycles. The third-order valence-electron chi connectivity index (χ3n) is 2.23. The lowest BCUT2D eigenvalue weighted by atomic mass is 9.91. The summed E-state index contributed by atoms with van der Waals surface area (Å²) in [5, 5.41) is 0. The molecule has 0 spiro atoms. The monoisotopic (exact) mass is 146 g/mol. The molecule has 0 saturated heterocycles. The Balaban J connectivity index is 2.44. The lowest BCUT2D eigenvalue weighted by Gasteiger charge is -2.11. The minimum Gasteiger partial charge on any atom is -0.294 e. The van der Waals surface area contributed by atoms with Crippen molar-refractivity contribution in [3.8, 4) is 0 Å². The summed E-state index contributed by atoms with van der Waals surface area (Å²) in [4.78, 5) is 11.4. The molecule has 0 aliphatic heterocycles. The van der Waals surface area contributed by atoms with Crippen molar-refractivity contribution >= 4 is 5.78 Å². The van der Waals surface area contributed by atoms with E-state index in [1.165, 1.54) is 5.57 Å². The second kappa shape index (κ2) is 2.19. The summed E-state index contributed by atoms with van der Waals surface area (Å²) in [7, 11) is 0. The molecule has 0 saturated carbocycles. The molecule has 2 aliphatic rings. The van der Waals surface area contributed by atoms with E-state index in [9.17, 15) is 4.79 Å². The number of hydrogen-bond donors (Lipinski definition) is 0. The molecule has 0 radical (unpaired) electrons. The molecule has 56 valence electrons. The van der Waals surface area contributed by atoms with Gasteiger partial charge < -0.3 is 0 Å². The Kier molecular flexibility index (Phi) is 1.31. The van der Waals surface area contributed by atoms with E-state index in [1.54, 1.807) is 0 Å². The molecule has 1 atom stereocenters. The highest BCUT2D eigenvalue weighted by Crippen LogP contribution is 2.27. The zero-order chi connectivity index (χ0) is 7.84. The van der Waals surface area contributed by atoms with Gasteiger partial charge in [-0.05, 0) is 12.0 Å². The second-order valence-electron chi connectivity index (χ2n) is 3.06. The normalized spacial score (nSPS) is 28.1. The third kappa shape index (κ3) is 0.881. The van der Waals surface area contributed by atoms with E-state index in [0.29, 0.717) is 0 Å². The zero-order valence-electron chi connectivity index (χ0n) is 6.50. The quantitative estimate of drug-likeness (QED) is 0.511. The summed E-state index contributed by atoms with van der Waals surface area (Å²) in [6.07, 6.45) is 8.97. The van der Waals surface area contributed by atoms with Gasteiger partial charge in [0, 0.05) is 11.5 Å². The molecule has 0 bridgehead atoms. The zero-order valence-corrected chi connectivity index (χ0v) is 6.50. The Morgan fingerprint density at radius 1 is 1.45 bits per heavy atom. The first-order valence-corrected chi connectivity index (χ1v) is 3.91. The minimum absolute atomic E-state index is 0.0801. The van der Waals surface area contributed by atoms with E-state index in [2.05, 4.69) is 6.08 Å². The van der Waals surface area contributed by atoms with Gasteiger partial charge in [0.2, 0.25) is 0 Å². The Hall–Kier alpha value is -1.11. The van der Waals surface area contributed by atoms with E-state index in [4.69, 9.17) is 0 Å². The first kappa shape index (κ1) is 6.59. The third-order valence-corrected chi connectivity index (χ3v) is 2.23. The maximum Gasteiger partial charge on any atom is 0.169 e. The number of ketones is 1. The summed E-state index contributed by atoms with van der Waals surface area (Å²) in [6, 6.07) is 0. The van der Waals surface area contributed by atoms with Crippen LogP contribution in [0.4, 0.5) is 0 Å². The average molecular weight is 146 g/mol. The van der Waals surface area contributed by atoms with Gasteiger partial charge in [-0.25, -0.2) is 0 Å². The smallest absolute Gasteiger partial charge is 0.169 e. The molecule has 1 heteroatoms. The van der Waals surface area contributed by atoms with Gasteiger partial charge in [0.25, 0.3) is 0 Å². The molecular formula is C10H10O. The van der Waals surface area contributed by atoms with Crippen LogP contribution in [0.25, 0.3) is 0 Å². The fraction of sp³-hybridized carbons (Fsp3) is 0.300. The molecule has 0 aromatic rings. The summed E-state index contributed by atoms with van der Waals surface area (Å²) < 4.78 is 0. The van der Waals surface area contributed by atoms with Crippen molar-refractivity contribution in [1.82, 2.24) is 0 Å². The fourth-order valence-corrected chi connectivity index (χ4v) is 1.51. The van der Waals surface area contributed by atoms with Crippen LogP contribution in [0.2, 0.25) is 0 Å². The van der Waals surface area contributed by atoms with Crippen LogP contribution in [0.3, 0.4) is 0 Å². The van der Waals surface area contributed by atoms with E-state index >= 15 is 0 Å². The molecule has 0 N–H and O–H groups in total. The first-order valence-electron chi connectivity index (χ1n) is 3.91. The highest BCUT2D eigenvalue weighted by atomic mass is 16.1. The van der Waals surface area contributed by atoms with Crippen molar-refractivity contribution in [3.63, 3.8) is 0 Å². The lowest BCUT2D eigenvalue weighted by molar-refractivity contribution is -0.117. The van der Waals surface area contributed by atoms with E-state index in [1.807, 2.05) is 25.2 Å². The summed E-state index contributed by atoms with van der Waals surface area (Å²) in [5.74, 6) is 0.354. The van der Waals surface area contributed by atoms with E-state index < -0.39 is 0 Å². The Bertz CT molecular complexity index is 292. The van der Waals surface area contributed by atoms with Gasteiger partial charge >= 0.3 is 0 Å². The minimum atomic E-state index is 0.0801. The molecule has 0 amide bonds. The van der Waals surface area contributed by atoms with Gasteiger partial charge in [-0.15, -0.1) is 0 Å². The van der Waals surface area contributed by atoms with Gasteiger partial charge in [0.1, 0.15) is 0 Å².